The van der Waals surface area contributed by atoms with Crippen LogP contribution in [0, 0.1) is 5.92 Å². The van der Waals surface area contributed by atoms with E-state index in [0.717, 1.165) is 70.8 Å². The largest absolute Gasteiger partial charge is 0.379 e. The standard InChI is InChI=1S/C16H29N3O3/c1-17-16(18-6-9-20-12-13-4-5-13)19-7-10-22-15(11-19)14-3-2-8-21-14/h13-15H,2-12H2,1H3,(H,17,18). The number of rotatable bonds is 6. The molecule has 0 aromatic rings. The van der Waals surface area contributed by atoms with Crippen LogP contribution in [0.4, 0.5) is 0 Å². The van der Waals surface area contributed by atoms with Crippen LogP contribution in [0.5, 0.6) is 0 Å². The summed E-state index contributed by atoms with van der Waals surface area (Å²) >= 11 is 0. The summed E-state index contributed by atoms with van der Waals surface area (Å²) in [6, 6.07) is 0. The zero-order valence-corrected chi connectivity index (χ0v) is 13.6. The van der Waals surface area contributed by atoms with Crippen molar-refractivity contribution >= 4 is 5.96 Å². The van der Waals surface area contributed by atoms with Gasteiger partial charge in [-0.15, -0.1) is 0 Å². The molecule has 2 saturated heterocycles. The number of aliphatic imine (C=N–C) groups is 1. The quantitative estimate of drug-likeness (QED) is 0.448. The van der Waals surface area contributed by atoms with Gasteiger partial charge in [-0.25, -0.2) is 0 Å². The summed E-state index contributed by atoms with van der Waals surface area (Å²) in [7, 11) is 1.84. The van der Waals surface area contributed by atoms with E-state index in [-0.39, 0.29) is 12.2 Å². The third-order valence-corrected chi connectivity index (χ3v) is 4.56. The molecule has 6 heteroatoms. The zero-order chi connectivity index (χ0) is 15.2. The van der Waals surface area contributed by atoms with E-state index in [4.69, 9.17) is 14.2 Å². The average molecular weight is 311 g/mol. The Morgan fingerprint density at radius 1 is 1.23 bits per heavy atom. The molecule has 22 heavy (non-hydrogen) atoms. The minimum absolute atomic E-state index is 0.168. The number of guanidine groups is 1. The van der Waals surface area contributed by atoms with Crippen LogP contribution in [0.1, 0.15) is 25.7 Å². The molecular weight excluding hydrogens is 282 g/mol. The van der Waals surface area contributed by atoms with Gasteiger partial charge in [-0.3, -0.25) is 4.99 Å². The second kappa shape index (κ2) is 8.13. The van der Waals surface area contributed by atoms with Crippen LogP contribution in [0.3, 0.4) is 0 Å². The number of ether oxygens (including phenoxy) is 3. The Balaban J connectivity index is 1.39. The Bertz CT molecular complexity index is 368. The Morgan fingerprint density at radius 3 is 2.82 bits per heavy atom. The molecule has 0 radical (unpaired) electrons. The summed E-state index contributed by atoms with van der Waals surface area (Å²) in [6.07, 6.45) is 5.36. The van der Waals surface area contributed by atoms with Gasteiger partial charge in [-0.1, -0.05) is 0 Å². The Kier molecular flexibility index (Phi) is 5.92. The fourth-order valence-corrected chi connectivity index (χ4v) is 3.09. The first-order valence-electron chi connectivity index (χ1n) is 8.63. The summed E-state index contributed by atoms with van der Waals surface area (Å²) in [5.41, 5.74) is 0. The molecule has 2 unspecified atom stereocenters. The van der Waals surface area contributed by atoms with Gasteiger partial charge in [0.15, 0.2) is 5.96 Å². The first-order chi connectivity index (χ1) is 10.9. The Hall–Kier alpha value is -0.850. The van der Waals surface area contributed by atoms with Crippen molar-refractivity contribution in [1.82, 2.24) is 10.2 Å². The molecule has 0 spiro atoms. The molecule has 0 amide bonds. The van der Waals surface area contributed by atoms with E-state index in [1.807, 2.05) is 7.05 Å². The van der Waals surface area contributed by atoms with E-state index < -0.39 is 0 Å². The molecule has 1 saturated carbocycles. The second-order valence-electron chi connectivity index (χ2n) is 6.40. The lowest BCUT2D eigenvalue weighted by atomic mass is 10.1. The molecule has 2 atom stereocenters. The van der Waals surface area contributed by atoms with Crippen LogP contribution in [0.25, 0.3) is 0 Å². The van der Waals surface area contributed by atoms with Crippen LogP contribution in [-0.4, -0.2) is 76.2 Å². The van der Waals surface area contributed by atoms with Crippen molar-refractivity contribution in [2.24, 2.45) is 10.9 Å². The van der Waals surface area contributed by atoms with E-state index >= 15 is 0 Å². The number of hydrogen-bond donors (Lipinski definition) is 1. The fourth-order valence-electron chi connectivity index (χ4n) is 3.09. The van der Waals surface area contributed by atoms with Crippen molar-refractivity contribution in [3.63, 3.8) is 0 Å². The lowest BCUT2D eigenvalue weighted by Crippen LogP contribution is -2.53. The maximum atomic E-state index is 5.89. The highest BCUT2D eigenvalue weighted by Crippen LogP contribution is 2.28. The van der Waals surface area contributed by atoms with Crippen molar-refractivity contribution in [2.45, 2.75) is 37.9 Å². The molecule has 0 bridgehead atoms. The topological polar surface area (TPSA) is 55.3 Å². The molecule has 2 aliphatic heterocycles. The van der Waals surface area contributed by atoms with Gasteiger partial charge >= 0.3 is 0 Å². The van der Waals surface area contributed by atoms with Gasteiger partial charge in [-0.05, 0) is 31.6 Å². The third-order valence-electron chi connectivity index (χ3n) is 4.56. The summed E-state index contributed by atoms with van der Waals surface area (Å²) in [5, 5.41) is 3.40. The van der Waals surface area contributed by atoms with Gasteiger partial charge in [-0.2, -0.15) is 0 Å². The van der Waals surface area contributed by atoms with E-state index in [1.54, 1.807) is 0 Å². The number of nitrogens with zero attached hydrogens (tertiary/aromatic N) is 2. The molecule has 126 valence electrons. The Morgan fingerprint density at radius 2 is 2.09 bits per heavy atom. The lowest BCUT2D eigenvalue weighted by molar-refractivity contribution is -0.0817. The van der Waals surface area contributed by atoms with E-state index in [0.29, 0.717) is 0 Å². The van der Waals surface area contributed by atoms with Crippen LogP contribution in [-0.2, 0) is 14.2 Å². The van der Waals surface area contributed by atoms with Crippen molar-refractivity contribution in [3.8, 4) is 0 Å². The molecule has 0 aromatic carbocycles. The SMILES string of the molecule is CN=C(NCCOCC1CC1)N1CCOC(C2CCCO2)C1. The molecule has 0 aromatic heterocycles. The second-order valence-corrected chi connectivity index (χ2v) is 6.40. The third kappa shape index (κ3) is 4.57. The fraction of sp³-hybridized carbons (Fsp3) is 0.938. The number of morpholine rings is 1. The first kappa shape index (κ1) is 16.0. The molecule has 3 rings (SSSR count). The molecular formula is C16H29N3O3. The van der Waals surface area contributed by atoms with Crippen LogP contribution in [0.2, 0.25) is 0 Å². The molecule has 6 nitrogen and oxygen atoms in total. The zero-order valence-electron chi connectivity index (χ0n) is 13.6. The van der Waals surface area contributed by atoms with Crippen molar-refractivity contribution in [3.05, 3.63) is 0 Å². The predicted octanol–water partition coefficient (Wildman–Crippen LogP) is 0.868. The number of nitrogens with one attached hydrogen (secondary N) is 1. The normalized spacial score (nSPS) is 29.9. The summed E-state index contributed by atoms with van der Waals surface area (Å²) < 4.78 is 17.3. The molecule has 3 fully saturated rings. The maximum absolute atomic E-state index is 5.89. The highest BCUT2D eigenvalue weighted by molar-refractivity contribution is 5.80. The van der Waals surface area contributed by atoms with Crippen LogP contribution < -0.4 is 5.32 Å². The van der Waals surface area contributed by atoms with Crippen molar-refractivity contribution < 1.29 is 14.2 Å². The van der Waals surface area contributed by atoms with E-state index in [2.05, 4.69) is 15.2 Å². The van der Waals surface area contributed by atoms with Crippen LogP contribution >= 0.6 is 0 Å². The smallest absolute Gasteiger partial charge is 0.193 e. The van der Waals surface area contributed by atoms with Crippen molar-refractivity contribution in [2.75, 3.05) is 53.1 Å². The summed E-state index contributed by atoms with van der Waals surface area (Å²) in [6.45, 7) is 5.81. The van der Waals surface area contributed by atoms with Gasteiger partial charge in [0.2, 0.25) is 0 Å². The van der Waals surface area contributed by atoms with E-state index in [1.165, 1.54) is 12.8 Å². The van der Waals surface area contributed by atoms with Crippen LogP contribution in [0.15, 0.2) is 4.99 Å². The first-order valence-corrected chi connectivity index (χ1v) is 8.63. The summed E-state index contributed by atoms with van der Waals surface area (Å²) in [4.78, 5) is 6.67. The lowest BCUT2D eigenvalue weighted by Gasteiger charge is -2.37. The highest BCUT2D eigenvalue weighted by atomic mass is 16.5. The monoisotopic (exact) mass is 311 g/mol. The van der Waals surface area contributed by atoms with Gasteiger partial charge < -0.3 is 24.4 Å². The van der Waals surface area contributed by atoms with Crippen molar-refractivity contribution in [1.29, 1.82) is 0 Å². The Labute approximate surface area is 133 Å². The molecule has 1 N–H and O–H groups in total. The molecule has 3 aliphatic rings. The molecule has 2 heterocycles. The maximum Gasteiger partial charge on any atom is 0.193 e. The van der Waals surface area contributed by atoms with Gasteiger partial charge in [0, 0.05) is 39.9 Å². The summed E-state index contributed by atoms with van der Waals surface area (Å²) in [5.74, 6) is 1.77. The number of hydrogen-bond acceptors (Lipinski definition) is 4. The predicted molar refractivity (Wildman–Crippen MR) is 85.2 cm³/mol. The molecule has 1 aliphatic carbocycles. The average Bonchev–Trinajstić information content (AvgIpc) is 3.21. The van der Waals surface area contributed by atoms with Gasteiger partial charge in [0.05, 0.1) is 19.3 Å². The van der Waals surface area contributed by atoms with E-state index in [9.17, 15) is 0 Å². The minimum Gasteiger partial charge on any atom is -0.379 e. The minimum atomic E-state index is 0.168. The van der Waals surface area contributed by atoms with Gasteiger partial charge in [0.25, 0.3) is 0 Å². The highest BCUT2D eigenvalue weighted by Gasteiger charge is 2.32. The van der Waals surface area contributed by atoms with Gasteiger partial charge in [0.1, 0.15) is 6.10 Å².